The minimum absolute atomic E-state index is 0.177. The number of esters is 1. The number of hydrogen-bond donors (Lipinski definition) is 1. The van der Waals surface area contributed by atoms with Crippen molar-refractivity contribution in [1.82, 2.24) is 4.98 Å². The summed E-state index contributed by atoms with van der Waals surface area (Å²) in [5.41, 5.74) is 2.94. The second-order valence-corrected chi connectivity index (χ2v) is 4.75. The van der Waals surface area contributed by atoms with E-state index in [-0.39, 0.29) is 11.5 Å². The largest absolute Gasteiger partial charge is 0.462 e. The monoisotopic (exact) mass is 285 g/mol. The van der Waals surface area contributed by atoms with Crippen LogP contribution in [0.5, 0.6) is 0 Å². The Bertz CT molecular complexity index is 702. The number of carbonyl (C=O) groups excluding carboxylic acids is 1. The molecule has 2 rings (SSSR count). The van der Waals surface area contributed by atoms with E-state index in [9.17, 15) is 9.59 Å². The number of rotatable bonds is 4. The molecule has 0 fully saturated rings. The Labute approximate surface area is 123 Å². The Morgan fingerprint density at radius 2 is 1.86 bits per heavy atom. The Balaban J connectivity index is 2.74. The van der Waals surface area contributed by atoms with Gasteiger partial charge in [0.15, 0.2) is 0 Å². The summed E-state index contributed by atoms with van der Waals surface area (Å²) in [6.45, 7) is 5.73. The molecule has 1 aromatic heterocycles. The first-order chi connectivity index (χ1) is 10.1. The molecule has 0 saturated heterocycles. The van der Waals surface area contributed by atoms with Gasteiger partial charge in [-0.3, -0.25) is 4.79 Å². The quantitative estimate of drug-likeness (QED) is 0.878. The number of ether oxygens (including phenoxy) is 1. The van der Waals surface area contributed by atoms with Gasteiger partial charge in [0.25, 0.3) is 5.56 Å². The summed E-state index contributed by atoms with van der Waals surface area (Å²) in [6.07, 6.45) is 0.586. The van der Waals surface area contributed by atoms with Gasteiger partial charge in [-0.1, -0.05) is 37.3 Å². The summed E-state index contributed by atoms with van der Waals surface area (Å²) < 4.78 is 5.12. The summed E-state index contributed by atoms with van der Waals surface area (Å²) in [5.74, 6) is -0.389. The third kappa shape index (κ3) is 2.89. The van der Waals surface area contributed by atoms with E-state index in [0.29, 0.717) is 29.8 Å². The molecule has 21 heavy (non-hydrogen) atoms. The second kappa shape index (κ2) is 6.39. The lowest BCUT2D eigenvalue weighted by atomic mass is 9.94. The number of H-pyrrole nitrogens is 1. The Morgan fingerprint density at radius 1 is 1.19 bits per heavy atom. The molecule has 1 N–H and O–H groups in total. The van der Waals surface area contributed by atoms with Crippen molar-refractivity contribution in [3.8, 4) is 11.1 Å². The zero-order valence-electron chi connectivity index (χ0n) is 12.5. The van der Waals surface area contributed by atoms with E-state index in [4.69, 9.17) is 4.74 Å². The summed E-state index contributed by atoms with van der Waals surface area (Å²) in [6, 6.07) is 9.38. The maximum absolute atomic E-state index is 12.3. The van der Waals surface area contributed by atoms with Gasteiger partial charge < -0.3 is 9.72 Å². The predicted octanol–water partition coefficient (Wildman–Crippen LogP) is 3.09. The lowest BCUT2D eigenvalue weighted by Crippen LogP contribution is -2.20. The zero-order chi connectivity index (χ0) is 15.4. The van der Waals surface area contributed by atoms with E-state index in [2.05, 4.69) is 4.98 Å². The lowest BCUT2D eigenvalue weighted by molar-refractivity contribution is 0.0523. The van der Waals surface area contributed by atoms with Crippen LogP contribution in [0.3, 0.4) is 0 Å². The molecule has 1 aromatic carbocycles. The molecule has 0 amide bonds. The van der Waals surface area contributed by atoms with E-state index in [0.717, 1.165) is 11.1 Å². The highest BCUT2D eigenvalue weighted by Crippen LogP contribution is 2.25. The maximum Gasteiger partial charge on any atom is 0.340 e. The van der Waals surface area contributed by atoms with Gasteiger partial charge in [0.1, 0.15) is 0 Å². The van der Waals surface area contributed by atoms with Crippen molar-refractivity contribution in [2.75, 3.05) is 6.61 Å². The fraction of sp³-hybridized carbons (Fsp3) is 0.294. The molecule has 2 aromatic rings. The van der Waals surface area contributed by atoms with Crippen molar-refractivity contribution in [2.24, 2.45) is 0 Å². The van der Waals surface area contributed by atoms with Gasteiger partial charge in [0.2, 0.25) is 0 Å². The van der Waals surface area contributed by atoms with Crippen LogP contribution in [-0.2, 0) is 11.2 Å². The number of aromatic amines is 1. The molecule has 4 heteroatoms. The molecule has 0 aliphatic rings. The first-order valence-corrected chi connectivity index (χ1v) is 7.08. The van der Waals surface area contributed by atoms with Gasteiger partial charge in [0.05, 0.1) is 17.7 Å². The van der Waals surface area contributed by atoms with Crippen LogP contribution in [0.4, 0.5) is 0 Å². The molecule has 4 nitrogen and oxygen atoms in total. The number of carbonyl (C=O) groups is 1. The highest BCUT2D eigenvalue weighted by Gasteiger charge is 2.21. The Hall–Kier alpha value is -2.36. The first-order valence-electron chi connectivity index (χ1n) is 7.08. The summed E-state index contributed by atoms with van der Waals surface area (Å²) in [5, 5.41) is 0. The molecule has 0 spiro atoms. The smallest absolute Gasteiger partial charge is 0.340 e. The topological polar surface area (TPSA) is 59.2 Å². The van der Waals surface area contributed by atoms with E-state index in [1.807, 2.05) is 37.3 Å². The molecular weight excluding hydrogens is 266 g/mol. The molecule has 0 radical (unpaired) electrons. The zero-order valence-corrected chi connectivity index (χ0v) is 12.5. The molecule has 0 aliphatic heterocycles. The highest BCUT2D eigenvalue weighted by atomic mass is 16.5. The van der Waals surface area contributed by atoms with Crippen LogP contribution in [0, 0.1) is 6.92 Å². The van der Waals surface area contributed by atoms with Crippen molar-refractivity contribution < 1.29 is 9.53 Å². The number of benzene rings is 1. The third-order valence-corrected chi connectivity index (χ3v) is 3.40. The standard InChI is InChI=1S/C17H19NO3/c1-4-13-14(17(20)21-5-2)11(3)18-16(19)15(13)12-9-7-6-8-10-12/h6-10H,4-5H2,1-3H3,(H,18,19). The van der Waals surface area contributed by atoms with Crippen LogP contribution in [0.25, 0.3) is 11.1 Å². The number of aryl methyl sites for hydroxylation is 1. The average molecular weight is 285 g/mol. The van der Waals surface area contributed by atoms with Gasteiger partial charge in [-0.05, 0) is 31.4 Å². The van der Waals surface area contributed by atoms with Gasteiger partial charge in [-0.25, -0.2) is 4.79 Å². The van der Waals surface area contributed by atoms with Crippen LogP contribution >= 0.6 is 0 Å². The SMILES string of the molecule is CCOC(=O)c1c(C)[nH]c(=O)c(-c2ccccc2)c1CC. The summed E-state index contributed by atoms with van der Waals surface area (Å²) >= 11 is 0. The Kier molecular flexibility index (Phi) is 4.58. The van der Waals surface area contributed by atoms with Gasteiger partial charge >= 0.3 is 5.97 Å². The number of aromatic nitrogens is 1. The van der Waals surface area contributed by atoms with Crippen molar-refractivity contribution in [3.05, 3.63) is 57.5 Å². The molecular formula is C17H19NO3. The predicted molar refractivity (Wildman–Crippen MR) is 82.6 cm³/mol. The molecule has 0 bridgehead atoms. The van der Waals surface area contributed by atoms with E-state index in [1.165, 1.54) is 0 Å². The first kappa shape index (κ1) is 15.0. The van der Waals surface area contributed by atoms with Gasteiger partial charge in [0, 0.05) is 5.69 Å². The molecule has 0 unspecified atom stereocenters. The lowest BCUT2D eigenvalue weighted by Gasteiger charge is -2.14. The summed E-state index contributed by atoms with van der Waals surface area (Å²) in [4.78, 5) is 27.3. The second-order valence-electron chi connectivity index (χ2n) is 4.75. The third-order valence-electron chi connectivity index (χ3n) is 3.40. The van der Waals surface area contributed by atoms with Crippen LogP contribution in [0.1, 0.15) is 35.5 Å². The van der Waals surface area contributed by atoms with Gasteiger partial charge in [-0.15, -0.1) is 0 Å². The Morgan fingerprint density at radius 3 is 2.43 bits per heavy atom. The minimum Gasteiger partial charge on any atom is -0.462 e. The summed E-state index contributed by atoms with van der Waals surface area (Å²) in [7, 11) is 0. The van der Waals surface area contributed by atoms with Crippen LogP contribution in [0.2, 0.25) is 0 Å². The number of nitrogens with one attached hydrogen (secondary N) is 1. The van der Waals surface area contributed by atoms with Crippen molar-refractivity contribution >= 4 is 5.97 Å². The van der Waals surface area contributed by atoms with E-state index >= 15 is 0 Å². The molecule has 1 heterocycles. The van der Waals surface area contributed by atoms with Crippen LogP contribution in [-0.4, -0.2) is 17.6 Å². The van der Waals surface area contributed by atoms with Crippen molar-refractivity contribution in [3.63, 3.8) is 0 Å². The number of hydrogen-bond acceptors (Lipinski definition) is 3. The molecule has 0 aliphatic carbocycles. The molecule has 0 saturated carbocycles. The fourth-order valence-corrected chi connectivity index (χ4v) is 2.53. The van der Waals surface area contributed by atoms with Crippen molar-refractivity contribution in [1.29, 1.82) is 0 Å². The molecule has 0 atom stereocenters. The maximum atomic E-state index is 12.3. The van der Waals surface area contributed by atoms with E-state index < -0.39 is 0 Å². The fourth-order valence-electron chi connectivity index (χ4n) is 2.53. The molecule has 110 valence electrons. The van der Waals surface area contributed by atoms with E-state index in [1.54, 1.807) is 13.8 Å². The van der Waals surface area contributed by atoms with Gasteiger partial charge in [-0.2, -0.15) is 0 Å². The normalized spacial score (nSPS) is 10.4. The van der Waals surface area contributed by atoms with Crippen molar-refractivity contribution in [2.45, 2.75) is 27.2 Å². The van der Waals surface area contributed by atoms with Crippen LogP contribution < -0.4 is 5.56 Å². The number of pyridine rings is 1. The average Bonchev–Trinajstić information content (AvgIpc) is 2.47. The minimum atomic E-state index is -0.389. The highest BCUT2D eigenvalue weighted by molar-refractivity contribution is 5.94. The van der Waals surface area contributed by atoms with Crippen LogP contribution in [0.15, 0.2) is 35.1 Å².